The van der Waals surface area contributed by atoms with Crippen LogP contribution in [-0.4, -0.2) is 34.6 Å². The molecule has 1 N–H and O–H groups in total. The molecule has 1 aromatic heterocycles. The second-order valence-electron chi connectivity index (χ2n) is 5.22. The molecule has 6 heteroatoms. The molecule has 21 heavy (non-hydrogen) atoms. The van der Waals surface area contributed by atoms with Crippen LogP contribution in [-0.2, 0) is 17.7 Å². The van der Waals surface area contributed by atoms with Gasteiger partial charge in [0.1, 0.15) is 11.6 Å². The molecule has 0 amide bonds. The SMILES string of the molecule is COc1ccc(Cc2n[nH]c(=S)n2C[C@@H]2CCCO2)cc1. The van der Waals surface area contributed by atoms with Crippen LogP contribution >= 0.6 is 12.2 Å². The van der Waals surface area contributed by atoms with Crippen molar-refractivity contribution in [3.8, 4) is 5.75 Å². The van der Waals surface area contributed by atoms with Crippen LogP contribution in [0.5, 0.6) is 5.75 Å². The molecule has 112 valence electrons. The number of hydrogen-bond acceptors (Lipinski definition) is 4. The molecular formula is C15H19N3O2S. The van der Waals surface area contributed by atoms with Crippen molar-refractivity contribution in [2.24, 2.45) is 0 Å². The minimum atomic E-state index is 0.254. The van der Waals surface area contributed by atoms with Crippen molar-refractivity contribution >= 4 is 12.2 Å². The van der Waals surface area contributed by atoms with Gasteiger partial charge in [-0.15, -0.1) is 0 Å². The third-order valence-electron chi connectivity index (χ3n) is 3.77. The number of hydrogen-bond donors (Lipinski definition) is 1. The molecule has 1 atom stereocenters. The molecule has 5 nitrogen and oxygen atoms in total. The molecule has 3 rings (SSSR count). The van der Waals surface area contributed by atoms with Gasteiger partial charge in [-0.2, -0.15) is 5.10 Å². The Bertz CT molecular complexity index is 642. The van der Waals surface area contributed by atoms with Crippen LogP contribution < -0.4 is 4.74 Å². The summed E-state index contributed by atoms with van der Waals surface area (Å²) in [7, 11) is 1.67. The lowest BCUT2D eigenvalue weighted by atomic mass is 10.1. The predicted octanol–water partition coefficient (Wildman–Crippen LogP) is 2.72. The smallest absolute Gasteiger partial charge is 0.195 e. The van der Waals surface area contributed by atoms with Gasteiger partial charge in [-0.05, 0) is 42.8 Å². The Kier molecular flexibility index (Phi) is 4.36. The van der Waals surface area contributed by atoms with Gasteiger partial charge >= 0.3 is 0 Å². The molecule has 1 aliphatic heterocycles. The Morgan fingerprint density at radius 1 is 1.43 bits per heavy atom. The van der Waals surface area contributed by atoms with E-state index in [9.17, 15) is 0 Å². The number of ether oxygens (including phenoxy) is 2. The zero-order valence-corrected chi connectivity index (χ0v) is 12.9. The van der Waals surface area contributed by atoms with E-state index < -0.39 is 0 Å². The van der Waals surface area contributed by atoms with Gasteiger partial charge < -0.3 is 14.0 Å². The normalized spacial score (nSPS) is 18.0. The molecule has 1 fully saturated rings. The Morgan fingerprint density at radius 3 is 2.90 bits per heavy atom. The van der Waals surface area contributed by atoms with Gasteiger partial charge in [0.2, 0.25) is 0 Å². The summed E-state index contributed by atoms with van der Waals surface area (Å²) in [6.45, 7) is 1.63. The summed E-state index contributed by atoms with van der Waals surface area (Å²) >= 11 is 5.33. The van der Waals surface area contributed by atoms with E-state index in [0.717, 1.165) is 44.0 Å². The molecule has 0 radical (unpaired) electrons. The summed E-state index contributed by atoms with van der Waals surface area (Å²) in [6.07, 6.45) is 3.21. The van der Waals surface area contributed by atoms with E-state index in [1.54, 1.807) is 7.11 Å². The fraction of sp³-hybridized carbons (Fsp3) is 0.467. The number of benzene rings is 1. The zero-order valence-electron chi connectivity index (χ0n) is 12.0. The highest BCUT2D eigenvalue weighted by Gasteiger charge is 2.18. The van der Waals surface area contributed by atoms with Crippen LogP contribution in [0, 0.1) is 4.77 Å². The van der Waals surface area contributed by atoms with Crippen molar-refractivity contribution < 1.29 is 9.47 Å². The van der Waals surface area contributed by atoms with Crippen LogP contribution in [0.15, 0.2) is 24.3 Å². The number of nitrogens with zero attached hydrogens (tertiary/aromatic N) is 2. The number of nitrogens with one attached hydrogen (secondary N) is 1. The van der Waals surface area contributed by atoms with Gasteiger partial charge in [-0.25, -0.2) is 0 Å². The summed E-state index contributed by atoms with van der Waals surface area (Å²) < 4.78 is 13.6. The summed E-state index contributed by atoms with van der Waals surface area (Å²) in [5.41, 5.74) is 1.18. The lowest BCUT2D eigenvalue weighted by molar-refractivity contribution is 0.0960. The Balaban J connectivity index is 1.76. The third kappa shape index (κ3) is 3.33. The van der Waals surface area contributed by atoms with Gasteiger partial charge in [0, 0.05) is 13.0 Å². The molecule has 1 aromatic carbocycles. The highest BCUT2D eigenvalue weighted by molar-refractivity contribution is 7.71. The molecular weight excluding hydrogens is 286 g/mol. The average molecular weight is 305 g/mol. The standard InChI is InChI=1S/C15H19N3O2S/c1-19-12-6-4-11(5-7-12)9-14-16-17-15(21)18(14)10-13-3-2-8-20-13/h4-7,13H,2-3,8-10H2,1H3,(H,17,21)/t13-/m0/s1. The topological polar surface area (TPSA) is 52.1 Å². The monoisotopic (exact) mass is 305 g/mol. The Labute approximate surface area is 128 Å². The van der Waals surface area contributed by atoms with Crippen LogP contribution in [0.2, 0.25) is 0 Å². The van der Waals surface area contributed by atoms with Crippen molar-refractivity contribution in [2.75, 3.05) is 13.7 Å². The largest absolute Gasteiger partial charge is 0.497 e. The van der Waals surface area contributed by atoms with Crippen molar-refractivity contribution in [2.45, 2.75) is 31.9 Å². The summed E-state index contributed by atoms with van der Waals surface area (Å²) in [5, 5.41) is 7.24. The quantitative estimate of drug-likeness (QED) is 0.863. The highest BCUT2D eigenvalue weighted by Crippen LogP contribution is 2.17. The van der Waals surface area contributed by atoms with E-state index in [1.807, 2.05) is 24.3 Å². The van der Waals surface area contributed by atoms with E-state index in [2.05, 4.69) is 14.8 Å². The lowest BCUT2D eigenvalue weighted by Gasteiger charge is -2.12. The fourth-order valence-electron chi connectivity index (χ4n) is 2.59. The minimum absolute atomic E-state index is 0.254. The molecule has 0 saturated carbocycles. The van der Waals surface area contributed by atoms with E-state index in [0.29, 0.717) is 4.77 Å². The highest BCUT2D eigenvalue weighted by atomic mass is 32.1. The Morgan fingerprint density at radius 2 is 2.24 bits per heavy atom. The maximum Gasteiger partial charge on any atom is 0.195 e. The first-order valence-electron chi connectivity index (χ1n) is 7.15. The first-order chi connectivity index (χ1) is 10.3. The predicted molar refractivity (Wildman–Crippen MR) is 82.2 cm³/mol. The third-order valence-corrected chi connectivity index (χ3v) is 4.08. The van der Waals surface area contributed by atoms with Crippen LogP contribution in [0.4, 0.5) is 0 Å². The number of aromatic amines is 1. The van der Waals surface area contributed by atoms with Gasteiger partial charge in [0.15, 0.2) is 4.77 Å². The maximum absolute atomic E-state index is 5.69. The number of rotatable bonds is 5. The Hall–Kier alpha value is -1.66. The van der Waals surface area contributed by atoms with E-state index in [4.69, 9.17) is 21.7 Å². The molecule has 0 spiro atoms. The molecule has 1 saturated heterocycles. The fourth-order valence-corrected chi connectivity index (χ4v) is 2.82. The lowest BCUT2D eigenvalue weighted by Crippen LogP contribution is -2.17. The second-order valence-corrected chi connectivity index (χ2v) is 5.60. The molecule has 1 aliphatic rings. The van der Waals surface area contributed by atoms with Gasteiger partial charge in [-0.3, -0.25) is 5.10 Å². The van der Waals surface area contributed by atoms with Crippen molar-refractivity contribution in [1.82, 2.24) is 14.8 Å². The number of aromatic nitrogens is 3. The first-order valence-corrected chi connectivity index (χ1v) is 7.55. The molecule has 0 bridgehead atoms. The van der Waals surface area contributed by atoms with E-state index in [1.165, 1.54) is 5.56 Å². The van der Waals surface area contributed by atoms with Crippen molar-refractivity contribution in [3.63, 3.8) is 0 Å². The van der Waals surface area contributed by atoms with Crippen LogP contribution in [0.25, 0.3) is 0 Å². The van der Waals surface area contributed by atoms with Crippen molar-refractivity contribution in [3.05, 3.63) is 40.4 Å². The summed E-state index contributed by atoms with van der Waals surface area (Å²) in [5.74, 6) is 1.80. The molecule has 0 aliphatic carbocycles. The second kappa shape index (κ2) is 6.41. The van der Waals surface area contributed by atoms with Crippen molar-refractivity contribution in [1.29, 1.82) is 0 Å². The average Bonchev–Trinajstić information content (AvgIpc) is 3.13. The van der Waals surface area contributed by atoms with Gasteiger partial charge in [-0.1, -0.05) is 12.1 Å². The zero-order chi connectivity index (χ0) is 14.7. The number of H-pyrrole nitrogens is 1. The first kappa shape index (κ1) is 14.3. The summed E-state index contributed by atoms with van der Waals surface area (Å²) in [6, 6.07) is 8.02. The van der Waals surface area contributed by atoms with Gasteiger partial charge in [0.25, 0.3) is 0 Å². The van der Waals surface area contributed by atoms with Crippen LogP contribution in [0.3, 0.4) is 0 Å². The molecule has 0 unspecified atom stereocenters. The number of methoxy groups -OCH3 is 1. The van der Waals surface area contributed by atoms with Crippen LogP contribution in [0.1, 0.15) is 24.2 Å². The van der Waals surface area contributed by atoms with E-state index in [-0.39, 0.29) is 6.10 Å². The van der Waals surface area contributed by atoms with Gasteiger partial charge in [0.05, 0.1) is 19.8 Å². The minimum Gasteiger partial charge on any atom is -0.497 e. The molecule has 2 heterocycles. The van der Waals surface area contributed by atoms with E-state index >= 15 is 0 Å². The molecule has 2 aromatic rings. The maximum atomic E-state index is 5.69. The summed E-state index contributed by atoms with van der Waals surface area (Å²) in [4.78, 5) is 0.